The summed E-state index contributed by atoms with van der Waals surface area (Å²) in [5.41, 5.74) is 6.95. The lowest BCUT2D eigenvalue weighted by molar-refractivity contribution is 0.100. The van der Waals surface area contributed by atoms with Crippen molar-refractivity contribution in [2.45, 2.75) is 13.8 Å². The van der Waals surface area contributed by atoms with E-state index in [1.54, 1.807) is 24.3 Å². The Morgan fingerprint density at radius 2 is 1.00 bits per heavy atom. The molecule has 1 heterocycles. The van der Waals surface area contributed by atoms with Crippen molar-refractivity contribution in [3.05, 3.63) is 184 Å². The van der Waals surface area contributed by atoms with Gasteiger partial charge in [-0.3, -0.25) is 9.59 Å². The average molecular weight is 547 g/mol. The quantitative estimate of drug-likeness (QED) is 0.192. The Hall–Kier alpha value is -5.48. The van der Waals surface area contributed by atoms with E-state index < -0.39 is 0 Å². The summed E-state index contributed by atoms with van der Waals surface area (Å²) >= 11 is 0. The van der Waals surface area contributed by atoms with Gasteiger partial charge in [-0.2, -0.15) is 0 Å². The maximum absolute atomic E-state index is 14.6. The van der Waals surface area contributed by atoms with E-state index in [2.05, 4.69) is 6.07 Å². The highest BCUT2D eigenvalue weighted by Gasteiger charge is 2.43. The van der Waals surface area contributed by atoms with Gasteiger partial charge in [0.1, 0.15) is 5.70 Å². The Kier molecular flexibility index (Phi) is 7.35. The molecule has 0 radical (unpaired) electrons. The number of hydrogen-bond acceptors (Lipinski definition) is 4. The fourth-order valence-electron chi connectivity index (χ4n) is 5.29. The molecule has 0 amide bonds. The molecule has 6 rings (SSSR count). The number of anilines is 2. The van der Waals surface area contributed by atoms with Crippen LogP contribution in [0.3, 0.4) is 0 Å². The normalized spacial score (nSPS) is 14.0. The van der Waals surface area contributed by atoms with E-state index in [1.165, 1.54) is 0 Å². The summed E-state index contributed by atoms with van der Waals surface area (Å²) in [6.07, 6.45) is 1.99. The summed E-state index contributed by atoms with van der Waals surface area (Å²) in [6, 6.07) is 44.4. The van der Waals surface area contributed by atoms with Crippen LogP contribution in [0.4, 0.5) is 11.4 Å². The summed E-state index contributed by atoms with van der Waals surface area (Å²) in [7, 11) is 0. The lowest BCUT2D eigenvalue weighted by atomic mass is 9.95. The minimum absolute atomic E-state index is 0.218. The van der Waals surface area contributed by atoms with Crippen molar-refractivity contribution in [2.24, 2.45) is 0 Å². The molecule has 5 aromatic rings. The molecule has 0 saturated heterocycles. The molecule has 42 heavy (non-hydrogen) atoms. The number of hydrazine groups is 1. The molecule has 4 heteroatoms. The van der Waals surface area contributed by atoms with Crippen molar-refractivity contribution in [1.29, 1.82) is 0 Å². The van der Waals surface area contributed by atoms with Gasteiger partial charge in [0, 0.05) is 11.1 Å². The van der Waals surface area contributed by atoms with Gasteiger partial charge in [-0.05, 0) is 60.9 Å². The average Bonchev–Trinajstić information content (AvgIpc) is 3.36. The highest BCUT2D eigenvalue weighted by Crippen LogP contribution is 2.43. The molecule has 0 N–H and O–H groups in total. The van der Waals surface area contributed by atoms with Crippen molar-refractivity contribution in [3.8, 4) is 0 Å². The number of ketones is 2. The summed E-state index contributed by atoms with van der Waals surface area (Å²) < 4.78 is 0. The topological polar surface area (TPSA) is 40.6 Å². The number of Topliss-reactive ketones (excluding diaryl/α,β-unsaturated/α-hetero) is 2. The van der Waals surface area contributed by atoms with E-state index in [0.29, 0.717) is 28.1 Å². The minimum atomic E-state index is -0.231. The van der Waals surface area contributed by atoms with Gasteiger partial charge in [0.2, 0.25) is 5.78 Å². The van der Waals surface area contributed by atoms with E-state index in [0.717, 1.165) is 28.1 Å². The van der Waals surface area contributed by atoms with Gasteiger partial charge < -0.3 is 0 Å². The first-order chi connectivity index (χ1) is 20.5. The Morgan fingerprint density at radius 1 is 0.524 bits per heavy atom. The van der Waals surface area contributed by atoms with E-state index in [9.17, 15) is 9.59 Å². The van der Waals surface area contributed by atoms with Crippen molar-refractivity contribution in [2.75, 3.05) is 10.0 Å². The highest BCUT2D eigenvalue weighted by molar-refractivity contribution is 6.24. The van der Waals surface area contributed by atoms with Gasteiger partial charge in [0.05, 0.1) is 22.6 Å². The molecule has 204 valence electrons. The molecule has 0 spiro atoms. The number of hydrogen-bond donors (Lipinski definition) is 0. The zero-order valence-corrected chi connectivity index (χ0v) is 23.6. The number of benzene rings is 5. The molecule has 4 nitrogen and oxygen atoms in total. The van der Waals surface area contributed by atoms with Crippen molar-refractivity contribution < 1.29 is 9.59 Å². The third-order valence-electron chi connectivity index (χ3n) is 7.24. The first-order valence-corrected chi connectivity index (χ1v) is 14.0. The van der Waals surface area contributed by atoms with Crippen LogP contribution < -0.4 is 10.0 Å². The fraction of sp³-hybridized carbons (Fsp3) is 0.0526. The third kappa shape index (κ3) is 5.18. The number of nitrogens with zero attached hydrogens (tertiary/aromatic N) is 2. The van der Waals surface area contributed by atoms with Crippen molar-refractivity contribution in [3.63, 3.8) is 0 Å². The van der Waals surface area contributed by atoms with E-state index in [-0.39, 0.29) is 11.6 Å². The van der Waals surface area contributed by atoms with Gasteiger partial charge in [-0.1, -0.05) is 115 Å². The molecule has 0 aliphatic carbocycles. The Bertz CT molecular complexity index is 1820. The zero-order valence-electron chi connectivity index (χ0n) is 23.6. The largest absolute Gasteiger partial charge is 0.288 e. The lowest BCUT2D eigenvalue weighted by Crippen LogP contribution is -2.39. The van der Waals surface area contributed by atoms with Crippen LogP contribution in [-0.2, 0) is 0 Å². The van der Waals surface area contributed by atoms with E-state index in [1.807, 2.05) is 139 Å². The maximum atomic E-state index is 14.6. The smallest absolute Gasteiger partial charge is 0.212 e. The van der Waals surface area contributed by atoms with Gasteiger partial charge in [-0.15, -0.1) is 0 Å². The maximum Gasteiger partial charge on any atom is 0.212 e. The fourth-order valence-corrected chi connectivity index (χ4v) is 5.29. The molecule has 0 atom stereocenters. The van der Waals surface area contributed by atoms with E-state index >= 15 is 0 Å². The number of carbonyl (C=O) groups excluding carboxylic acids is 2. The van der Waals surface area contributed by atoms with Crippen LogP contribution in [0.25, 0.3) is 6.08 Å². The molecule has 0 saturated carbocycles. The molecular formula is C38H30N2O2. The standard InChI is InChI=1S/C38H30N2O2/c1-27-14-12-22-32(24-27)39-34(26-29-16-6-3-7-17-29)35(37(41)30-18-8-4-9-19-30)36(38(42)31-20-10-5-11-21-31)40(39)33-23-13-15-28(2)25-33/h3-26H,1-2H3/b34-26-. The molecule has 1 aliphatic heterocycles. The zero-order chi connectivity index (χ0) is 29.1. The SMILES string of the molecule is Cc1cccc(N2C(C(=O)c3ccccc3)=C(C(=O)c3ccccc3)/C(=C/c3ccccc3)N2c2cccc(C)c2)c1. The highest BCUT2D eigenvalue weighted by atomic mass is 16.1. The number of aryl methyl sites for hydroxylation is 2. The second-order valence-corrected chi connectivity index (χ2v) is 10.4. The Morgan fingerprint density at radius 3 is 1.52 bits per heavy atom. The molecule has 0 bridgehead atoms. The summed E-state index contributed by atoms with van der Waals surface area (Å²) in [5, 5.41) is 3.91. The second kappa shape index (κ2) is 11.6. The molecular weight excluding hydrogens is 516 g/mol. The number of rotatable bonds is 7. The predicted octanol–water partition coefficient (Wildman–Crippen LogP) is 8.61. The van der Waals surface area contributed by atoms with Crippen LogP contribution in [-0.4, -0.2) is 11.6 Å². The molecule has 5 aromatic carbocycles. The van der Waals surface area contributed by atoms with Gasteiger partial charge in [0.25, 0.3) is 0 Å². The van der Waals surface area contributed by atoms with Crippen molar-refractivity contribution >= 4 is 29.0 Å². The monoisotopic (exact) mass is 546 g/mol. The third-order valence-corrected chi connectivity index (χ3v) is 7.24. The Labute approximate surface area is 246 Å². The van der Waals surface area contributed by atoms with Crippen LogP contribution in [0.2, 0.25) is 0 Å². The summed E-state index contributed by atoms with van der Waals surface area (Å²) in [4.78, 5) is 29.2. The first-order valence-electron chi connectivity index (χ1n) is 14.0. The Balaban J connectivity index is 1.72. The van der Waals surface area contributed by atoms with Crippen LogP contribution >= 0.6 is 0 Å². The van der Waals surface area contributed by atoms with Gasteiger partial charge in [-0.25, -0.2) is 10.0 Å². The first kappa shape index (κ1) is 26.7. The minimum Gasteiger partial charge on any atom is -0.288 e. The second-order valence-electron chi connectivity index (χ2n) is 10.4. The molecule has 0 aromatic heterocycles. The number of allylic oxidation sites excluding steroid dienone is 2. The molecule has 0 fully saturated rings. The summed E-state index contributed by atoms with van der Waals surface area (Å²) in [6.45, 7) is 4.06. The van der Waals surface area contributed by atoms with Gasteiger partial charge >= 0.3 is 0 Å². The van der Waals surface area contributed by atoms with Crippen LogP contribution in [0.5, 0.6) is 0 Å². The molecule has 1 aliphatic rings. The summed E-state index contributed by atoms with van der Waals surface area (Å²) in [5.74, 6) is -0.449. The molecule has 0 unspecified atom stereocenters. The van der Waals surface area contributed by atoms with Crippen LogP contribution in [0.1, 0.15) is 37.4 Å². The van der Waals surface area contributed by atoms with Gasteiger partial charge in [0.15, 0.2) is 5.78 Å². The van der Waals surface area contributed by atoms with Crippen molar-refractivity contribution in [1.82, 2.24) is 0 Å². The number of carbonyl (C=O) groups is 2. The van der Waals surface area contributed by atoms with Crippen LogP contribution in [0.15, 0.2) is 156 Å². The van der Waals surface area contributed by atoms with E-state index in [4.69, 9.17) is 0 Å². The predicted molar refractivity (Wildman–Crippen MR) is 170 cm³/mol. The lowest BCUT2D eigenvalue weighted by Gasteiger charge is -2.34. The van der Waals surface area contributed by atoms with Crippen LogP contribution in [0, 0.1) is 13.8 Å².